The van der Waals surface area contributed by atoms with Crippen LogP contribution < -0.4 is 5.32 Å². The third-order valence-corrected chi connectivity index (χ3v) is 8.39. The molecule has 1 aliphatic carbocycles. The van der Waals surface area contributed by atoms with Crippen molar-refractivity contribution in [2.24, 2.45) is 11.8 Å². The fraction of sp³-hybridized carbons (Fsp3) is 0.500. The van der Waals surface area contributed by atoms with Gasteiger partial charge in [0.15, 0.2) is 5.58 Å². The maximum Gasteiger partial charge on any atom is 0.271 e. The van der Waals surface area contributed by atoms with Gasteiger partial charge in [0.05, 0.1) is 18.3 Å². The topological polar surface area (TPSA) is 67.5 Å². The maximum atomic E-state index is 14.0. The lowest BCUT2D eigenvalue weighted by Crippen LogP contribution is -2.66. The highest BCUT2D eigenvalue weighted by Crippen LogP contribution is 2.36. The molecular weight excluding hydrogens is 426 g/mol. The van der Waals surface area contributed by atoms with Crippen LogP contribution in [-0.4, -0.2) is 39.4 Å². The molecule has 3 aromatic rings. The smallest absolute Gasteiger partial charge is 0.271 e. The number of carbonyl (C=O) groups is 2. The molecule has 2 aromatic heterocycles. The normalized spacial score (nSPS) is 28.1. The summed E-state index contributed by atoms with van der Waals surface area (Å²) >= 11 is 0. The van der Waals surface area contributed by atoms with E-state index in [0.717, 1.165) is 23.9 Å². The van der Waals surface area contributed by atoms with Crippen LogP contribution in [0.5, 0.6) is 0 Å². The second kappa shape index (κ2) is 8.64. The Kier molecular flexibility index (Phi) is 5.78. The van der Waals surface area contributed by atoms with Crippen LogP contribution in [0.25, 0.3) is 11.1 Å². The molecule has 2 aliphatic rings. The molecule has 0 spiro atoms. The summed E-state index contributed by atoms with van der Waals surface area (Å²) in [4.78, 5) is 29.6. The molecule has 3 heterocycles. The van der Waals surface area contributed by atoms with E-state index in [-0.39, 0.29) is 23.8 Å². The summed E-state index contributed by atoms with van der Waals surface area (Å²) in [5.74, 6) is 0.900. The van der Waals surface area contributed by atoms with E-state index in [2.05, 4.69) is 38.2 Å². The highest BCUT2D eigenvalue weighted by atomic mass is 16.3. The molecule has 1 aliphatic heterocycles. The van der Waals surface area contributed by atoms with Crippen LogP contribution in [0.2, 0.25) is 0 Å². The summed E-state index contributed by atoms with van der Waals surface area (Å²) in [6.45, 7) is 9.41. The Bertz CT molecular complexity index is 1200. The van der Waals surface area contributed by atoms with E-state index in [1.54, 1.807) is 17.2 Å². The van der Waals surface area contributed by atoms with Crippen LogP contribution in [0.3, 0.4) is 0 Å². The SMILES string of the molecule is C[C@H]1[C@H](C)CCC[C@H]1NC(=O)[C@@]1(C)Cn2c(cc3occc32)C(=O)N1C[C@@H](C)c1ccccc1. The Hall–Kier alpha value is -3.02. The third kappa shape index (κ3) is 3.73. The molecule has 0 bridgehead atoms. The number of amides is 2. The average Bonchev–Trinajstić information content (AvgIpc) is 3.42. The van der Waals surface area contributed by atoms with E-state index in [9.17, 15) is 9.59 Å². The van der Waals surface area contributed by atoms with Crippen molar-refractivity contribution >= 4 is 22.9 Å². The summed E-state index contributed by atoms with van der Waals surface area (Å²) in [5.41, 5.74) is 2.27. The molecule has 1 saturated carbocycles. The van der Waals surface area contributed by atoms with Crippen molar-refractivity contribution in [2.75, 3.05) is 6.54 Å². The largest absolute Gasteiger partial charge is 0.463 e. The number of furan rings is 1. The lowest BCUT2D eigenvalue weighted by atomic mass is 9.77. The van der Waals surface area contributed by atoms with Crippen molar-refractivity contribution in [2.45, 2.75) is 71.0 Å². The number of benzene rings is 1. The maximum absolute atomic E-state index is 14.0. The zero-order valence-electron chi connectivity index (χ0n) is 20.6. The molecule has 0 radical (unpaired) electrons. The van der Waals surface area contributed by atoms with Gasteiger partial charge in [-0.1, -0.05) is 63.9 Å². The molecule has 1 fully saturated rings. The van der Waals surface area contributed by atoms with Gasteiger partial charge in [-0.3, -0.25) is 9.59 Å². The first-order chi connectivity index (χ1) is 16.3. The number of nitrogens with one attached hydrogen (secondary N) is 1. The van der Waals surface area contributed by atoms with Crippen LogP contribution in [0.1, 0.15) is 68.9 Å². The van der Waals surface area contributed by atoms with Crippen LogP contribution in [0, 0.1) is 11.8 Å². The van der Waals surface area contributed by atoms with E-state index in [4.69, 9.17) is 4.42 Å². The second-order valence-electron chi connectivity index (χ2n) is 10.6. The predicted octanol–water partition coefficient (Wildman–Crippen LogP) is 5.19. The van der Waals surface area contributed by atoms with Crippen molar-refractivity contribution in [3.8, 4) is 0 Å². The molecule has 5 atom stereocenters. The Balaban J connectivity index is 1.50. The average molecular weight is 462 g/mol. The van der Waals surface area contributed by atoms with Crippen LogP contribution in [-0.2, 0) is 11.3 Å². The number of rotatable bonds is 5. The number of hydrogen-bond donors (Lipinski definition) is 1. The van der Waals surface area contributed by atoms with Gasteiger partial charge in [0, 0.05) is 24.7 Å². The number of fused-ring (bicyclic) bond motifs is 3. The molecular formula is C28H35N3O3. The van der Waals surface area contributed by atoms with Gasteiger partial charge in [0.25, 0.3) is 5.91 Å². The van der Waals surface area contributed by atoms with Gasteiger partial charge < -0.3 is 19.2 Å². The monoisotopic (exact) mass is 461 g/mol. The first-order valence-corrected chi connectivity index (χ1v) is 12.5. The van der Waals surface area contributed by atoms with Gasteiger partial charge in [-0.15, -0.1) is 0 Å². The molecule has 6 nitrogen and oxygen atoms in total. The van der Waals surface area contributed by atoms with Crippen molar-refractivity contribution in [3.63, 3.8) is 0 Å². The lowest BCUT2D eigenvalue weighted by molar-refractivity contribution is -0.134. The van der Waals surface area contributed by atoms with Gasteiger partial charge in [-0.25, -0.2) is 0 Å². The summed E-state index contributed by atoms with van der Waals surface area (Å²) in [6.07, 6.45) is 4.95. The highest BCUT2D eigenvalue weighted by molar-refractivity contribution is 6.03. The van der Waals surface area contributed by atoms with Crippen molar-refractivity contribution in [1.29, 1.82) is 0 Å². The Morgan fingerprint density at radius 2 is 1.97 bits per heavy atom. The number of hydrogen-bond acceptors (Lipinski definition) is 3. The molecule has 6 heteroatoms. The minimum Gasteiger partial charge on any atom is -0.463 e. The van der Waals surface area contributed by atoms with Crippen molar-refractivity contribution < 1.29 is 14.0 Å². The molecule has 34 heavy (non-hydrogen) atoms. The summed E-state index contributed by atoms with van der Waals surface area (Å²) in [5, 5.41) is 3.37. The lowest BCUT2D eigenvalue weighted by Gasteiger charge is -2.46. The van der Waals surface area contributed by atoms with E-state index in [1.807, 2.05) is 35.8 Å². The first-order valence-electron chi connectivity index (χ1n) is 12.5. The van der Waals surface area contributed by atoms with Crippen molar-refractivity contribution in [1.82, 2.24) is 14.8 Å². The summed E-state index contributed by atoms with van der Waals surface area (Å²) in [6, 6.07) is 14.0. The quantitative estimate of drug-likeness (QED) is 0.568. The molecule has 0 saturated heterocycles. The van der Waals surface area contributed by atoms with Gasteiger partial charge in [0.2, 0.25) is 5.91 Å². The van der Waals surface area contributed by atoms with Gasteiger partial charge in [0.1, 0.15) is 11.2 Å². The second-order valence-corrected chi connectivity index (χ2v) is 10.6. The van der Waals surface area contributed by atoms with Gasteiger partial charge in [-0.05, 0) is 36.7 Å². The Labute approximate surface area is 201 Å². The number of carbonyl (C=O) groups excluding carboxylic acids is 2. The highest BCUT2D eigenvalue weighted by Gasteiger charge is 2.49. The summed E-state index contributed by atoms with van der Waals surface area (Å²) < 4.78 is 7.54. The minimum absolute atomic E-state index is 0.0666. The Morgan fingerprint density at radius 1 is 1.21 bits per heavy atom. The fourth-order valence-electron chi connectivity index (χ4n) is 5.83. The molecule has 1 N–H and O–H groups in total. The van der Waals surface area contributed by atoms with E-state index in [0.29, 0.717) is 36.2 Å². The first kappa shape index (κ1) is 22.8. The van der Waals surface area contributed by atoms with Crippen molar-refractivity contribution in [3.05, 3.63) is 60.0 Å². The third-order valence-electron chi connectivity index (χ3n) is 8.39. The standard InChI is InChI=1S/C28H35N3O3/c1-18-9-8-12-22(20(18)3)29-27(33)28(4)17-30-23-13-14-34-25(23)15-24(30)26(32)31(28)16-19(2)21-10-6-5-7-11-21/h5-7,10-11,13-15,18-20,22H,8-9,12,16-17H2,1-4H3,(H,29,33)/t18-,19-,20+,22-,28-/m1/s1. The molecule has 1 aromatic carbocycles. The molecule has 2 amide bonds. The zero-order valence-corrected chi connectivity index (χ0v) is 20.6. The van der Waals surface area contributed by atoms with Crippen LogP contribution >= 0.6 is 0 Å². The van der Waals surface area contributed by atoms with E-state index >= 15 is 0 Å². The van der Waals surface area contributed by atoms with Gasteiger partial charge in [-0.2, -0.15) is 0 Å². The van der Waals surface area contributed by atoms with Crippen LogP contribution in [0.4, 0.5) is 0 Å². The Morgan fingerprint density at radius 3 is 2.74 bits per heavy atom. The molecule has 0 unspecified atom stereocenters. The fourth-order valence-corrected chi connectivity index (χ4v) is 5.83. The molecule has 5 rings (SSSR count). The van der Waals surface area contributed by atoms with Gasteiger partial charge >= 0.3 is 0 Å². The van der Waals surface area contributed by atoms with E-state index in [1.165, 1.54) is 6.42 Å². The number of nitrogens with zero attached hydrogens (tertiary/aromatic N) is 2. The molecule has 180 valence electrons. The summed E-state index contributed by atoms with van der Waals surface area (Å²) in [7, 11) is 0. The van der Waals surface area contributed by atoms with E-state index < -0.39 is 5.54 Å². The zero-order chi connectivity index (χ0) is 24.0. The van der Waals surface area contributed by atoms with Crippen LogP contribution in [0.15, 0.2) is 53.1 Å². The minimum atomic E-state index is -1.00. The number of aromatic nitrogens is 1. The predicted molar refractivity (Wildman–Crippen MR) is 133 cm³/mol.